The maximum Gasteiger partial charge on any atom is 0.244 e. The lowest BCUT2D eigenvalue weighted by atomic mass is 10.1. The highest BCUT2D eigenvalue weighted by Gasteiger charge is 2.38. The third kappa shape index (κ3) is 3.93. The highest BCUT2D eigenvalue weighted by molar-refractivity contribution is 8.01. The number of rotatable bonds is 6. The smallest absolute Gasteiger partial charge is 0.244 e. The van der Waals surface area contributed by atoms with Gasteiger partial charge in [0.1, 0.15) is 11.5 Å². The van der Waals surface area contributed by atoms with E-state index in [1.54, 1.807) is 42.4 Å². The molecule has 0 spiro atoms. The molecule has 5 nitrogen and oxygen atoms in total. The normalized spacial score (nSPS) is 17.1. The summed E-state index contributed by atoms with van der Waals surface area (Å²) in [5.74, 6) is 2.03. The number of methoxy groups -OCH3 is 2. The van der Waals surface area contributed by atoms with Gasteiger partial charge in [-0.3, -0.25) is 0 Å². The van der Waals surface area contributed by atoms with Crippen LogP contribution >= 0.6 is 11.8 Å². The molecule has 3 aromatic carbocycles. The monoisotopic (exact) mass is 441 g/mol. The Morgan fingerprint density at radius 2 is 1.60 bits per heavy atom. The second kappa shape index (κ2) is 8.71. The molecule has 156 valence electrons. The molecule has 1 atom stereocenters. The SMILES string of the molecule is COc1ccc(OC)c(C2SCCN2S(=O)(=O)c2ccc(-c3ccccc3)cc2)c1. The summed E-state index contributed by atoms with van der Waals surface area (Å²) < 4.78 is 39.3. The number of hydrogen-bond acceptors (Lipinski definition) is 5. The molecule has 0 radical (unpaired) electrons. The fourth-order valence-corrected chi connectivity index (χ4v) is 6.81. The van der Waals surface area contributed by atoms with Gasteiger partial charge >= 0.3 is 0 Å². The van der Waals surface area contributed by atoms with Gasteiger partial charge in [-0.2, -0.15) is 4.31 Å². The number of nitrogens with zero attached hydrogens (tertiary/aromatic N) is 1. The summed E-state index contributed by atoms with van der Waals surface area (Å²) in [5.41, 5.74) is 2.83. The highest BCUT2D eigenvalue weighted by Crippen LogP contribution is 2.45. The number of sulfonamides is 1. The second-order valence-electron chi connectivity index (χ2n) is 6.84. The summed E-state index contributed by atoms with van der Waals surface area (Å²) >= 11 is 1.59. The fourth-order valence-electron chi connectivity index (χ4n) is 3.56. The van der Waals surface area contributed by atoms with Crippen molar-refractivity contribution >= 4 is 21.8 Å². The van der Waals surface area contributed by atoms with Crippen LogP contribution < -0.4 is 9.47 Å². The van der Waals surface area contributed by atoms with Crippen LogP contribution in [0.3, 0.4) is 0 Å². The summed E-state index contributed by atoms with van der Waals surface area (Å²) in [5, 5.41) is -0.367. The Kier molecular flexibility index (Phi) is 6.04. The van der Waals surface area contributed by atoms with Gasteiger partial charge in [-0.05, 0) is 41.5 Å². The Balaban J connectivity index is 1.67. The first-order chi connectivity index (χ1) is 14.5. The van der Waals surface area contributed by atoms with Crippen LogP contribution in [0.25, 0.3) is 11.1 Å². The highest BCUT2D eigenvalue weighted by atomic mass is 32.2. The Morgan fingerprint density at radius 3 is 2.27 bits per heavy atom. The molecule has 0 saturated carbocycles. The number of thioether (sulfide) groups is 1. The van der Waals surface area contributed by atoms with Crippen molar-refractivity contribution in [1.29, 1.82) is 0 Å². The standard InChI is InChI=1S/C23H23NO4S2/c1-27-19-10-13-22(28-2)21(16-19)23-24(14-15-29-23)30(25,26)20-11-8-18(9-12-20)17-6-4-3-5-7-17/h3-13,16,23H,14-15H2,1-2H3. The van der Waals surface area contributed by atoms with E-state index in [1.165, 1.54) is 0 Å². The zero-order valence-corrected chi connectivity index (χ0v) is 18.4. The Labute approximate surface area is 181 Å². The average molecular weight is 442 g/mol. The molecule has 1 aliphatic rings. The van der Waals surface area contributed by atoms with E-state index in [0.29, 0.717) is 23.8 Å². The molecule has 0 N–H and O–H groups in total. The molecule has 0 aromatic heterocycles. The van der Waals surface area contributed by atoms with Gasteiger partial charge in [-0.15, -0.1) is 11.8 Å². The lowest BCUT2D eigenvalue weighted by Gasteiger charge is -2.25. The number of ether oxygens (including phenoxy) is 2. The summed E-state index contributed by atoms with van der Waals surface area (Å²) in [4.78, 5) is 0.288. The van der Waals surface area contributed by atoms with Crippen molar-refractivity contribution in [3.8, 4) is 22.6 Å². The third-order valence-corrected chi connectivity index (χ3v) is 8.37. The summed E-state index contributed by atoms with van der Waals surface area (Å²) in [7, 11) is -0.481. The second-order valence-corrected chi connectivity index (χ2v) is 9.92. The minimum absolute atomic E-state index is 0.288. The molecule has 4 rings (SSSR count). The largest absolute Gasteiger partial charge is 0.497 e. The average Bonchev–Trinajstić information content (AvgIpc) is 3.30. The first-order valence-corrected chi connectivity index (χ1v) is 12.0. The van der Waals surface area contributed by atoms with Crippen molar-refractivity contribution in [1.82, 2.24) is 4.31 Å². The molecule has 0 bridgehead atoms. The van der Waals surface area contributed by atoms with E-state index >= 15 is 0 Å². The molecule has 3 aromatic rings. The van der Waals surface area contributed by atoms with Gasteiger partial charge in [0.05, 0.1) is 24.5 Å². The zero-order chi connectivity index (χ0) is 21.1. The summed E-state index contributed by atoms with van der Waals surface area (Å²) in [6.45, 7) is 0.443. The number of hydrogen-bond donors (Lipinski definition) is 0. The predicted octanol–water partition coefficient (Wildman–Crippen LogP) is 4.81. The van der Waals surface area contributed by atoms with E-state index in [4.69, 9.17) is 9.47 Å². The van der Waals surface area contributed by atoms with Gasteiger partial charge in [0.25, 0.3) is 0 Å². The molecule has 1 heterocycles. The van der Waals surface area contributed by atoms with E-state index in [-0.39, 0.29) is 10.3 Å². The molecular weight excluding hydrogens is 418 g/mol. The molecule has 7 heteroatoms. The van der Waals surface area contributed by atoms with E-state index < -0.39 is 10.0 Å². The third-order valence-electron chi connectivity index (χ3n) is 5.12. The number of benzene rings is 3. The molecule has 1 fully saturated rings. The lowest BCUT2D eigenvalue weighted by molar-refractivity contribution is 0.382. The Bertz CT molecular complexity index is 1120. The van der Waals surface area contributed by atoms with Gasteiger partial charge in [0.15, 0.2) is 0 Å². The zero-order valence-electron chi connectivity index (χ0n) is 16.8. The molecular formula is C23H23NO4S2. The van der Waals surface area contributed by atoms with Crippen LogP contribution in [-0.4, -0.2) is 39.2 Å². The van der Waals surface area contributed by atoms with Crippen LogP contribution in [0.15, 0.2) is 77.7 Å². The molecule has 0 aliphatic carbocycles. The minimum Gasteiger partial charge on any atom is -0.497 e. The maximum atomic E-state index is 13.5. The van der Waals surface area contributed by atoms with Crippen LogP contribution in [-0.2, 0) is 10.0 Å². The quantitative estimate of drug-likeness (QED) is 0.550. The van der Waals surface area contributed by atoms with Gasteiger partial charge in [0.2, 0.25) is 10.0 Å². The van der Waals surface area contributed by atoms with Gasteiger partial charge in [-0.25, -0.2) is 8.42 Å². The molecule has 1 aliphatic heterocycles. The van der Waals surface area contributed by atoms with E-state index in [0.717, 1.165) is 16.7 Å². The van der Waals surface area contributed by atoms with Crippen molar-refractivity contribution in [3.05, 3.63) is 78.4 Å². The van der Waals surface area contributed by atoms with E-state index in [9.17, 15) is 8.42 Å². The predicted molar refractivity (Wildman–Crippen MR) is 121 cm³/mol. The fraction of sp³-hybridized carbons (Fsp3) is 0.217. The first-order valence-electron chi connectivity index (χ1n) is 9.55. The first kappa shape index (κ1) is 20.8. The van der Waals surface area contributed by atoms with E-state index in [1.807, 2.05) is 60.7 Å². The van der Waals surface area contributed by atoms with Crippen molar-refractivity contribution in [2.75, 3.05) is 26.5 Å². The molecule has 1 saturated heterocycles. The van der Waals surface area contributed by atoms with Gasteiger partial charge < -0.3 is 9.47 Å². The molecule has 30 heavy (non-hydrogen) atoms. The van der Waals surface area contributed by atoms with Crippen molar-refractivity contribution in [2.24, 2.45) is 0 Å². The van der Waals surface area contributed by atoms with Crippen LogP contribution in [0.5, 0.6) is 11.5 Å². The van der Waals surface area contributed by atoms with Crippen LogP contribution in [0.4, 0.5) is 0 Å². The van der Waals surface area contributed by atoms with Gasteiger partial charge in [0, 0.05) is 17.9 Å². The van der Waals surface area contributed by atoms with Crippen molar-refractivity contribution in [3.63, 3.8) is 0 Å². The van der Waals surface area contributed by atoms with Crippen LogP contribution in [0.2, 0.25) is 0 Å². The van der Waals surface area contributed by atoms with Crippen molar-refractivity contribution < 1.29 is 17.9 Å². The minimum atomic E-state index is -3.66. The van der Waals surface area contributed by atoms with Gasteiger partial charge in [-0.1, -0.05) is 42.5 Å². The topological polar surface area (TPSA) is 55.8 Å². The maximum absolute atomic E-state index is 13.5. The van der Waals surface area contributed by atoms with Crippen LogP contribution in [0.1, 0.15) is 10.9 Å². The van der Waals surface area contributed by atoms with Crippen molar-refractivity contribution in [2.45, 2.75) is 10.3 Å². The molecule has 1 unspecified atom stereocenters. The summed E-state index contributed by atoms with van der Waals surface area (Å²) in [6, 6.07) is 22.4. The van der Waals surface area contributed by atoms with E-state index in [2.05, 4.69) is 0 Å². The summed E-state index contributed by atoms with van der Waals surface area (Å²) in [6.07, 6.45) is 0. The lowest BCUT2D eigenvalue weighted by Crippen LogP contribution is -2.30. The molecule has 0 amide bonds. The Hall–Kier alpha value is -2.48. The Morgan fingerprint density at radius 1 is 0.900 bits per heavy atom. The van der Waals surface area contributed by atoms with Crippen LogP contribution in [0, 0.1) is 0 Å².